The predicted molar refractivity (Wildman–Crippen MR) is 160 cm³/mol. The highest BCUT2D eigenvalue weighted by Crippen LogP contribution is 2.33. The van der Waals surface area contributed by atoms with Crippen LogP contribution in [0.4, 0.5) is 0 Å². The van der Waals surface area contributed by atoms with Gasteiger partial charge in [-0.25, -0.2) is 4.98 Å². The number of likely N-dealkylation sites (tertiary alicyclic amines) is 1. The molecule has 1 atom stereocenters. The first kappa shape index (κ1) is 27.8. The quantitative estimate of drug-likeness (QED) is 0.167. The number of amides is 1. The van der Waals surface area contributed by atoms with Crippen LogP contribution >= 0.6 is 34.7 Å². The third-order valence-electron chi connectivity index (χ3n) is 7.00. The molecule has 1 N–H and O–H groups in total. The van der Waals surface area contributed by atoms with Crippen LogP contribution in [0.2, 0.25) is 5.02 Å². The van der Waals surface area contributed by atoms with Crippen LogP contribution in [0.15, 0.2) is 59.1 Å². The van der Waals surface area contributed by atoms with Gasteiger partial charge in [0.05, 0.1) is 10.8 Å². The number of carbonyl (C=O) groups excluding carboxylic acids is 1. The minimum Gasteiger partial charge on any atom is -0.351 e. The lowest BCUT2D eigenvalue weighted by molar-refractivity contribution is 0.0944. The van der Waals surface area contributed by atoms with Gasteiger partial charge in [0, 0.05) is 35.8 Å². The number of hydrogen-bond acceptors (Lipinski definition) is 7. The van der Waals surface area contributed by atoms with Crippen molar-refractivity contribution >= 4 is 40.6 Å². The average molecular weight is 581 g/mol. The van der Waals surface area contributed by atoms with Crippen molar-refractivity contribution in [3.05, 3.63) is 75.2 Å². The van der Waals surface area contributed by atoms with E-state index in [2.05, 4.69) is 63.5 Å². The third-order valence-corrected chi connectivity index (χ3v) is 9.30. The summed E-state index contributed by atoms with van der Waals surface area (Å²) in [4.78, 5) is 19.8. The number of carbonyl (C=O) groups is 1. The molecule has 5 rings (SSSR count). The highest BCUT2D eigenvalue weighted by molar-refractivity contribution is 7.98. The molecule has 1 unspecified atom stereocenters. The highest BCUT2D eigenvalue weighted by Gasteiger charge is 2.20. The first-order valence-corrected chi connectivity index (χ1v) is 15.6. The van der Waals surface area contributed by atoms with E-state index >= 15 is 0 Å². The Balaban J connectivity index is 1.23. The van der Waals surface area contributed by atoms with Crippen molar-refractivity contribution in [2.75, 3.05) is 19.6 Å². The van der Waals surface area contributed by atoms with Gasteiger partial charge in [-0.1, -0.05) is 59.6 Å². The van der Waals surface area contributed by atoms with E-state index in [1.165, 1.54) is 54.5 Å². The first-order chi connectivity index (χ1) is 19.0. The molecule has 2 aromatic carbocycles. The van der Waals surface area contributed by atoms with Gasteiger partial charge in [0.15, 0.2) is 11.0 Å². The van der Waals surface area contributed by atoms with Crippen molar-refractivity contribution in [3.8, 4) is 17.1 Å². The number of nitrogens with zero attached hydrogens (tertiary/aromatic N) is 5. The zero-order valence-electron chi connectivity index (χ0n) is 22.3. The molecule has 204 valence electrons. The number of halogens is 1. The molecule has 10 heteroatoms. The maximum atomic E-state index is 12.7. The van der Waals surface area contributed by atoms with E-state index in [4.69, 9.17) is 11.6 Å². The Morgan fingerprint density at radius 3 is 2.77 bits per heavy atom. The minimum absolute atomic E-state index is 0.113. The van der Waals surface area contributed by atoms with E-state index in [9.17, 15) is 4.79 Å². The Morgan fingerprint density at radius 2 is 1.97 bits per heavy atom. The van der Waals surface area contributed by atoms with E-state index in [1.807, 2.05) is 34.2 Å². The second-order valence-corrected chi connectivity index (χ2v) is 12.2. The van der Waals surface area contributed by atoms with E-state index in [0.717, 1.165) is 34.4 Å². The lowest BCUT2D eigenvalue weighted by atomic mass is 10.0. The zero-order valence-corrected chi connectivity index (χ0v) is 24.7. The van der Waals surface area contributed by atoms with E-state index in [1.54, 1.807) is 0 Å². The molecule has 1 amide bonds. The predicted octanol–water partition coefficient (Wildman–Crippen LogP) is 6.64. The standard InChI is InChI=1S/C29H33ClN6OS2/c1-20-11-13-22(14-12-20)36-27(23-9-3-4-10-24(23)30)33-34-29(36)39-19-26-32-25(18-38-26)28(37)31-15-7-17-35-16-6-5-8-21(35)2/h3-4,9-14,18,21H,5-8,15-17,19H2,1-2H3,(H,31,37). The molecule has 1 aliphatic rings. The van der Waals surface area contributed by atoms with Gasteiger partial charge in [0.1, 0.15) is 10.7 Å². The molecule has 0 bridgehead atoms. The lowest BCUT2D eigenvalue weighted by Crippen LogP contribution is -2.39. The molecule has 4 aromatic rings. The van der Waals surface area contributed by atoms with Crippen molar-refractivity contribution in [2.24, 2.45) is 0 Å². The van der Waals surface area contributed by atoms with Gasteiger partial charge >= 0.3 is 0 Å². The number of aromatic nitrogens is 4. The van der Waals surface area contributed by atoms with Crippen molar-refractivity contribution in [3.63, 3.8) is 0 Å². The summed E-state index contributed by atoms with van der Waals surface area (Å²) in [6.45, 7) is 7.21. The number of thioether (sulfide) groups is 1. The SMILES string of the molecule is Cc1ccc(-n2c(SCc3nc(C(=O)NCCCN4CCCCC4C)cs3)nnc2-c2ccccc2Cl)cc1. The number of piperidine rings is 1. The van der Waals surface area contributed by atoms with Crippen molar-refractivity contribution in [1.29, 1.82) is 0 Å². The normalized spacial score (nSPS) is 15.9. The fourth-order valence-corrected chi connectivity index (χ4v) is 6.74. The molecule has 39 heavy (non-hydrogen) atoms. The van der Waals surface area contributed by atoms with Gasteiger partial charge in [-0.2, -0.15) is 0 Å². The Bertz CT molecular complexity index is 1400. The molecular formula is C29H33ClN6OS2. The second-order valence-electron chi connectivity index (χ2n) is 9.86. The Hall–Kier alpha value is -2.72. The van der Waals surface area contributed by atoms with Gasteiger partial charge in [-0.3, -0.25) is 9.36 Å². The molecule has 2 aromatic heterocycles. The highest BCUT2D eigenvalue weighted by atomic mass is 35.5. The average Bonchev–Trinajstić information content (AvgIpc) is 3.59. The molecule has 0 spiro atoms. The maximum Gasteiger partial charge on any atom is 0.270 e. The first-order valence-electron chi connectivity index (χ1n) is 13.4. The minimum atomic E-state index is -0.113. The molecule has 0 saturated carbocycles. The van der Waals surface area contributed by atoms with Crippen molar-refractivity contribution < 1.29 is 4.79 Å². The van der Waals surface area contributed by atoms with Crippen LogP contribution in [0.3, 0.4) is 0 Å². The number of nitrogens with one attached hydrogen (secondary N) is 1. The summed E-state index contributed by atoms with van der Waals surface area (Å²) in [6.07, 6.45) is 4.82. The van der Waals surface area contributed by atoms with E-state index < -0.39 is 0 Å². The van der Waals surface area contributed by atoms with Gasteiger partial charge in [0.2, 0.25) is 0 Å². The summed E-state index contributed by atoms with van der Waals surface area (Å²) in [7, 11) is 0. The summed E-state index contributed by atoms with van der Waals surface area (Å²) >= 11 is 9.54. The summed E-state index contributed by atoms with van der Waals surface area (Å²) in [5.74, 6) is 1.15. The molecule has 1 fully saturated rings. The van der Waals surface area contributed by atoms with Crippen LogP contribution in [0, 0.1) is 6.92 Å². The van der Waals surface area contributed by atoms with E-state index in [0.29, 0.717) is 34.9 Å². The molecular weight excluding hydrogens is 548 g/mol. The largest absolute Gasteiger partial charge is 0.351 e. The molecule has 0 aliphatic carbocycles. The van der Waals surface area contributed by atoms with Crippen molar-refractivity contribution in [1.82, 2.24) is 30.0 Å². The smallest absolute Gasteiger partial charge is 0.270 e. The Morgan fingerprint density at radius 1 is 1.15 bits per heavy atom. The number of thiazole rings is 1. The molecule has 7 nitrogen and oxygen atoms in total. The van der Waals surface area contributed by atoms with Gasteiger partial charge in [-0.05, 0) is 63.9 Å². The monoisotopic (exact) mass is 580 g/mol. The molecule has 1 aliphatic heterocycles. The van der Waals surface area contributed by atoms with Gasteiger partial charge < -0.3 is 10.2 Å². The zero-order chi connectivity index (χ0) is 27.2. The topological polar surface area (TPSA) is 75.9 Å². The maximum absolute atomic E-state index is 12.7. The van der Waals surface area contributed by atoms with Crippen LogP contribution < -0.4 is 5.32 Å². The van der Waals surface area contributed by atoms with Gasteiger partial charge in [-0.15, -0.1) is 21.5 Å². The second kappa shape index (κ2) is 13.1. The molecule has 1 saturated heterocycles. The van der Waals surface area contributed by atoms with Crippen LogP contribution in [-0.4, -0.2) is 56.2 Å². The van der Waals surface area contributed by atoms with Gasteiger partial charge in [0.25, 0.3) is 5.91 Å². The van der Waals surface area contributed by atoms with Crippen LogP contribution in [-0.2, 0) is 5.75 Å². The Kier molecular flexibility index (Phi) is 9.34. The lowest BCUT2D eigenvalue weighted by Gasteiger charge is -2.33. The summed E-state index contributed by atoms with van der Waals surface area (Å²) in [5.41, 5.74) is 3.43. The molecule has 0 radical (unpaired) electrons. The third kappa shape index (κ3) is 6.90. The number of benzene rings is 2. The molecule has 3 heterocycles. The Labute approximate surface area is 243 Å². The van der Waals surface area contributed by atoms with Crippen LogP contribution in [0.5, 0.6) is 0 Å². The summed E-state index contributed by atoms with van der Waals surface area (Å²) < 4.78 is 2.02. The number of aryl methyl sites for hydroxylation is 1. The van der Waals surface area contributed by atoms with Crippen LogP contribution in [0.1, 0.15) is 53.7 Å². The van der Waals surface area contributed by atoms with Crippen LogP contribution in [0.25, 0.3) is 17.1 Å². The van der Waals surface area contributed by atoms with Crippen molar-refractivity contribution in [2.45, 2.75) is 56.5 Å². The summed E-state index contributed by atoms with van der Waals surface area (Å²) in [5, 5.41) is 16.1. The number of rotatable bonds is 10. The fourth-order valence-electron chi connectivity index (χ4n) is 4.78. The van der Waals surface area contributed by atoms with E-state index in [-0.39, 0.29) is 5.91 Å². The fraction of sp³-hybridized carbons (Fsp3) is 0.379. The summed E-state index contributed by atoms with van der Waals surface area (Å²) in [6, 6.07) is 16.5. The number of hydrogen-bond donors (Lipinski definition) is 1.